The van der Waals surface area contributed by atoms with Crippen molar-refractivity contribution in [3.63, 3.8) is 0 Å². The molecular formula is C35H34N2O4S2. The summed E-state index contributed by atoms with van der Waals surface area (Å²) in [6, 6.07) is 30.5. The number of rotatable bonds is 12. The Balaban J connectivity index is 1.69. The van der Waals surface area contributed by atoms with Gasteiger partial charge in [-0.1, -0.05) is 83.9 Å². The highest BCUT2D eigenvalue weighted by atomic mass is 32.2. The molecule has 0 bridgehead atoms. The fourth-order valence-electron chi connectivity index (χ4n) is 5.32. The average Bonchev–Trinajstić information content (AvgIpc) is 3.02. The number of unbranched alkanes of at least 4 members (excludes halogenated alkanes) is 1. The molecule has 4 aromatic carbocycles. The SMILES string of the molecule is [C-]#[N+]C(CCCCC([N+]#[C-])(c1ccccc1)S(=O)(=O)c1ccc(C)cc1)(Cc1ccccc1)S(=O)(=O)c1ccc(C)cc1. The standard InChI is InChI=1S/C35H34N2O4S2/c1-28-17-21-32(22-18-28)42(38,39)34(36-3,27-30-13-7-5-8-14-30)25-11-12-26-35(37-4,31-15-9-6-10-16-31)43(40,41)33-23-19-29(2)20-24-33/h5-10,13-24H,11-12,25-27H2,1-2H3. The van der Waals surface area contributed by atoms with Crippen LogP contribution < -0.4 is 0 Å². The summed E-state index contributed by atoms with van der Waals surface area (Å²) in [7, 11) is -8.27. The summed E-state index contributed by atoms with van der Waals surface area (Å²) in [5.74, 6) is 0. The minimum atomic E-state index is -4.16. The summed E-state index contributed by atoms with van der Waals surface area (Å²) in [4.78, 5) is 3.98. The largest absolute Gasteiger partial charge is 0.358 e. The summed E-state index contributed by atoms with van der Waals surface area (Å²) in [5.41, 5.74) is 2.88. The molecule has 0 aromatic heterocycles. The van der Waals surface area contributed by atoms with Gasteiger partial charge in [0.15, 0.2) is 0 Å². The molecule has 220 valence electrons. The summed E-state index contributed by atoms with van der Waals surface area (Å²) in [5, 5.41) is 0. The van der Waals surface area contributed by atoms with Gasteiger partial charge in [0.2, 0.25) is 0 Å². The van der Waals surface area contributed by atoms with E-state index in [-0.39, 0.29) is 41.9 Å². The van der Waals surface area contributed by atoms with Crippen LogP contribution in [-0.4, -0.2) is 21.7 Å². The Kier molecular flexibility index (Phi) is 9.55. The van der Waals surface area contributed by atoms with Crippen molar-refractivity contribution in [2.75, 3.05) is 0 Å². The zero-order valence-electron chi connectivity index (χ0n) is 24.3. The van der Waals surface area contributed by atoms with Crippen molar-refractivity contribution in [2.45, 2.75) is 65.5 Å². The third-order valence-electron chi connectivity index (χ3n) is 7.87. The number of hydrogen-bond donors (Lipinski definition) is 0. The van der Waals surface area contributed by atoms with Gasteiger partial charge in [-0.05, 0) is 68.7 Å². The minimum Gasteiger partial charge on any atom is -0.292 e. The van der Waals surface area contributed by atoms with Gasteiger partial charge < -0.3 is 0 Å². The fraction of sp³-hybridized carbons (Fsp3) is 0.257. The zero-order chi connectivity index (χ0) is 31.1. The monoisotopic (exact) mass is 610 g/mol. The summed E-state index contributed by atoms with van der Waals surface area (Å²) in [6.45, 7) is 20.1. The predicted octanol–water partition coefficient (Wildman–Crippen LogP) is 7.74. The Bertz CT molecular complexity index is 1840. The van der Waals surface area contributed by atoms with Crippen LogP contribution in [0.1, 0.15) is 47.9 Å². The molecule has 2 unspecified atom stereocenters. The Morgan fingerprint density at radius 2 is 1.05 bits per heavy atom. The zero-order valence-corrected chi connectivity index (χ0v) is 25.9. The predicted molar refractivity (Wildman–Crippen MR) is 169 cm³/mol. The lowest BCUT2D eigenvalue weighted by Gasteiger charge is -2.25. The third kappa shape index (κ3) is 6.27. The van der Waals surface area contributed by atoms with Crippen molar-refractivity contribution in [3.8, 4) is 0 Å². The van der Waals surface area contributed by atoms with E-state index in [1.54, 1.807) is 66.7 Å². The molecule has 2 atom stereocenters. The lowest BCUT2D eigenvalue weighted by atomic mass is 9.96. The van der Waals surface area contributed by atoms with Crippen molar-refractivity contribution < 1.29 is 16.8 Å². The third-order valence-corrected chi connectivity index (χ3v) is 12.5. The van der Waals surface area contributed by atoms with Crippen molar-refractivity contribution in [1.29, 1.82) is 0 Å². The molecule has 0 heterocycles. The van der Waals surface area contributed by atoms with Gasteiger partial charge in [0.05, 0.1) is 21.8 Å². The van der Waals surface area contributed by atoms with Crippen LogP contribution in [0.15, 0.2) is 119 Å². The molecule has 0 N–H and O–H groups in total. The maximum absolute atomic E-state index is 14.1. The van der Waals surface area contributed by atoms with Crippen molar-refractivity contribution in [1.82, 2.24) is 0 Å². The number of sulfone groups is 2. The number of hydrogen-bond acceptors (Lipinski definition) is 4. The quantitative estimate of drug-likeness (QED) is 0.121. The number of benzene rings is 4. The Labute approximate surface area is 255 Å². The fourth-order valence-corrected chi connectivity index (χ4v) is 9.00. The molecule has 4 aromatic rings. The van der Waals surface area contributed by atoms with E-state index in [1.165, 1.54) is 24.3 Å². The van der Waals surface area contributed by atoms with Crippen LogP contribution in [0.3, 0.4) is 0 Å². The smallest absolute Gasteiger partial charge is 0.292 e. The van der Waals surface area contributed by atoms with Gasteiger partial charge in [0, 0.05) is 12.8 Å². The van der Waals surface area contributed by atoms with Gasteiger partial charge in [-0.2, -0.15) is 0 Å². The first kappa shape index (κ1) is 31.7. The second-order valence-corrected chi connectivity index (χ2v) is 15.2. The Morgan fingerprint density at radius 1 is 0.581 bits per heavy atom. The second-order valence-electron chi connectivity index (χ2n) is 10.8. The molecule has 0 spiro atoms. The van der Waals surface area contributed by atoms with Gasteiger partial charge >= 0.3 is 9.74 Å². The van der Waals surface area contributed by atoms with Crippen LogP contribution in [0, 0.1) is 27.0 Å². The lowest BCUT2D eigenvalue weighted by molar-refractivity contribution is 0.481. The van der Waals surface area contributed by atoms with Crippen molar-refractivity contribution in [2.24, 2.45) is 0 Å². The molecule has 43 heavy (non-hydrogen) atoms. The van der Waals surface area contributed by atoms with Crippen molar-refractivity contribution in [3.05, 3.63) is 154 Å². The first-order valence-corrected chi connectivity index (χ1v) is 17.0. The number of nitrogens with zero attached hydrogens (tertiary/aromatic N) is 2. The molecule has 0 saturated heterocycles. The normalized spacial score (nSPS) is 14.5. The van der Waals surface area contributed by atoms with Gasteiger partial charge in [-0.25, -0.2) is 30.0 Å². The molecule has 0 fully saturated rings. The van der Waals surface area contributed by atoms with E-state index in [0.29, 0.717) is 5.56 Å². The van der Waals surface area contributed by atoms with Crippen LogP contribution in [0.25, 0.3) is 9.69 Å². The van der Waals surface area contributed by atoms with Crippen molar-refractivity contribution >= 4 is 19.7 Å². The summed E-state index contributed by atoms with van der Waals surface area (Å²) < 4.78 is 56.4. The van der Waals surface area contributed by atoms with Gasteiger partial charge in [0.25, 0.3) is 19.7 Å². The maximum Gasteiger partial charge on any atom is 0.358 e. The van der Waals surface area contributed by atoms with E-state index in [1.807, 2.05) is 32.0 Å². The van der Waals surface area contributed by atoms with E-state index in [4.69, 9.17) is 13.1 Å². The molecule has 4 rings (SSSR count). The molecule has 0 aliphatic rings. The first-order chi connectivity index (χ1) is 20.5. The summed E-state index contributed by atoms with van der Waals surface area (Å²) >= 11 is 0. The Morgan fingerprint density at radius 3 is 1.53 bits per heavy atom. The molecule has 0 aliphatic heterocycles. The molecular weight excluding hydrogens is 577 g/mol. The maximum atomic E-state index is 14.1. The first-order valence-electron chi connectivity index (χ1n) is 14.0. The van der Waals surface area contributed by atoms with E-state index in [0.717, 1.165) is 16.7 Å². The highest BCUT2D eigenvalue weighted by Crippen LogP contribution is 2.43. The highest BCUT2D eigenvalue weighted by molar-refractivity contribution is 7.93. The van der Waals surface area contributed by atoms with Gasteiger partial charge in [-0.15, -0.1) is 0 Å². The van der Waals surface area contributed by atoms with Crippen LogP contribution >= 0.6 is 0 Å². The van der Waals surface area contributed by atoms with E-state index >= 15 is 0 Å². The molecule has 0 radical (unpaired) electrons. The molecule has 0 aliphatic carbocycles. The molecule has 6 nitrogen and oxygen atoms in total. The van der Waals surface area contributed by atoms with Crippen LogP contribution in [0.4, 0.5) is 0 Å². The summed E-state index contributed by atoms with van der Waals surface area (Å²) in [6.07, 6.45) is 0.364. The van der Waals surface area contributed by atoms with E-state index in [2.05, 4.69) is 9.69 Å². The molecule has 8 heteroatoms. The minimum absolute atomic E-state index is 0.0120. The highest BCUT2D eigenvalue weighted by Gasteiger charge is 2.54. The van der Waals surface area contributed by atoms with E-state index in [9.17, 15) is 16.8 Å². The number of aryl methyl sites for hydroxylation is 2. The lowest BCUT2D eigenvalue weighted by Crippen LogP contribution is -2.38. The molecule has 0 saturated carbocycles. The Hall–Kier alpha value is -4.24. The average molecular weight is 611 g/mol. The van der Waals surface area contributed by atoms with Crippen LogP contribution in [0.5, 0.6) is 0 Å². The van der Waals surface area contributed by atoms with E-state index < -0.39 is 29.4 Å². The topological polar surface area (TPSA) is 77.0 Å². The van der Waals surface area contributed by atoms with Gasteiger partial charge in [-0.3, -0.25) is 9.69 Å². The van der Waals surface area contributed by atoms with Gasteiger partial charge in [0.1, 0.15) is 0 Å². The second kappa shape index (κ2) is 13.0. The molecule has 0 amide bonds. The van der Waals surface area contributed by atoms with Crippen LogP contribution in [-0.2, 0) is 31.0 Å². The van der Waals surface area contributed by atoms with Crippen LogP contribution in [0.2, 0.25) is 0 Å².